The van der Waals surface area contributed by atoms with E-state index in [9.17, 15) is 5.11 Å². The van der Waals surface area contributed by atoms with Gasteiger partial charge in [0.25, 0.3) is 0 Å². The Hall–Kier alpha value is -2.31. The van der Waals surface area contributed by atoms with Gasteiger partial charge in [-0.1, -0.05) is 0 Å². The molecule has 1 rings (SSSR count). The lowest BCUT2D eigenvalue weighted by Gasteiger charge is -2.15. The summed E-state index contributed by atoms with van der Waals surface area (Å²) < 4.78 is 10.1. The molecule has 7 nitrogen and oxygen atoms in total. The van der Waals surface area contributed by atoms with Crippen molar-refractivity contribution in [3.05, 3.63) is 17.7 Å². The summed E-state index contributed by atoms with van der Waals surface area (Å²) in [5.74, 6) is 0.619. The molecule has 7 heteroatoms. The van der Waals surface area contributed by atoms with E-state index in [0.29, 0.717) is 18.0 Å². The number of ether oxygens (including phenoxy) is 2. The average molecular weight is 254 g/mol. The van der Waals surface area contributed by atoms with E-state index in [4.69, 9.17) is 20.9 Å². The lowest BCUT2D eigenvalue weighted by molar-refractivity contribution is 0.328. The molecule has 0 aliphatic heterocycles. The molecule has 0 aliphatic rings. The van der Waals surface area contributed by atoms with Crippen LogP contribution in [0.4, 0.5) is 0 Å². The lowest BCUT2D eigenvalue weighted by atomic mass is 10.2. The van der Waals surface area contributed by atoms with E-state index in [0.717, 1.165) is 5.56 Å². The largest absolute Gasteiger partial charge is 0.502 e. The van der Waals surface area contributed by atoms with Crippen LogP contribution in [0.5, 0.6) is 17.2 Å². The highest BCUT2D eigenvalue weighted by Crippen LogP contribution is 2.37. The van der Waals surface area contributed by atoms with Crippen molar-refractivity contribution in [2.24, 2.45) is 16.6 Å². The Morgan fingerprint density at radius 3 is 2.17 bits per heavy atom. The van der Waals surface area contributed by atoms with Gasteiger partial charge in [-0.15, -0.1) is 5.10 Å². The van der Waals surface area contributed by atoms with Crippen LogP contribution in [0.15, 0.2) is 17.2 Å². The van der Waals surface area contributed by atoms with Crippen LogP contribution in [0.1, 0.15) is 5.56 Å². The summed E-state index contributed by atoms with van der Waals surface area (Å²) in [7, 11) is 4.67. The van der Waals surface area contributed by atoms with E-state index < -0.39 is 0 Å². The maximum atomic E-state index is 9.76. The number of nitrogens with two attached hydrogens (primary N) is 2. The molecule has 0 aromatic heterocycles. The zero-order valence-electron chi connectivity index (χ0n) is 10.7. The van der Waals surface area contributed by atoms with Crippen molar-refractivity contribution in [3.8, 4) is 17.2 Å². The third-order valence-corrected chi connectivity index (χ3v) is 2.24. The molecule has 0 bridgehead atoms. The zero-order chi connectivity index (χ0) is 13.7. The molecule has 0 aliphatic carbocycles. The van der Waals surface area contributed by atoms with Gasteiger partial charge in [0.1, 0.15) is 0 Å². The fraction of sp³-hybridized carbons (Fsp3) is 0.364. The summed E-state index contributed by atoms with van der Waals surface area (Å²) in [4.78, 5) is 0. The maximum Gasteiger partial charge on any atom is 0.208 e. The van der Waals surface area contributed by atoms with Gasteiger partial charge in [-0.2, -0.15) is 0 Å². The summed E-state index contributed by atoms with van der Waals surface area (Å²) in [6, 6.07) is 3.38. The molecule has 0 atom stereocenters. The smallest absolute Gasteiger partial charge is 0.208 e. The predicted octanol–water partition coefficient (Wildman–Crippen LogP) is 0.0296. The third kappa shape index (κ3) is 3.34. The van der Waals surface area contributed by atoms with E-state index in [-0.39, 0.29) is 11.7 Å². The van der Waals surface area contributed by atoms with Crippen LogP contribution in [-0.4, -0.2) is 37.3 Å². The van der Waals surface area contributed by atoms with Crippen molar-refractivity contribution in [2.75, 3.05) is 21.3 Å². The number of hydrazone groups is 1. The van der Waals surface area contributed by atoms with Crippen LogP contribution >= 0.6 is 0 Å². The Bertz CT molecular complexity index is 419. The normalized spacial score (nSPS) is 9.72. The quantitative estimate of drug-likeness (QED) is 0.389. The van der Waals surface area contributed by atoms with Crippen LogP contribution in [0.25, 0.3) is 0 Å². The fourth-order valence-electron chi connectivity index (χ4n) is 1.54. The summed E-state index contributed by atoms with van der Waals surface area (Å²) in [6.07, 6.45) is 0. The minimum absolute atomic E-state index is 0.0183. The number of hydrogen-bond donors (Lipinski definition) is 3. The number of rotatable bonds is 5. The molecular weight excluding hydrogens is 236 g/mol. The second-order valence-corrected chi connectivity index (χ2v) is 3.69. The monoisotopic (exact) mass is 254 g/mol. The Morgan fingerprint density at radius 1 is 1.28 bits per heavy atom. The number of benzene rings is 1. The first-order chi connectivity index (χ1) is 8.47. The number of hydrogen-bond acceptors (Lipinski definition) is 5. The first-order valence-electron chi connectivity index (χ1n) is 5.22. The van der Waals surface area contributed by atoms with Gasteiger partial charge in [-0.25, -0.2) is 0 Å². The van der Waals surface area contributed by atoms with Crippen molar-refractivity contribution < 1.29 is 14.6 Å². The molecule has 0 radical (unpaired) electrons. The SMILES string of the molecule is COc1cc(CN(C)N=C(N)N)cc(OC)c1O. The lowest BCUT2D eigenvalue weighted by Crippen LogP contribution is -2.27. The highest BCUT2D eigenvalue weighted by Gasteiger charge is 2.11. The number of phenolic OH excluding ortho intramolecular Hbond substituents is 1. The predicted molar refractivity (Wildman–Crippen MR) is 68.5 cm³/mol. The highest BCUT2D eigenvalue weighted by atomic mass is 16.5. The molecular formula is C11H18N4O3. The number of nitrogens with zero attached hydrogens (tertiary/aromatic N) is 2. The molecule has 0 saturated heterocycles. The van der Waals surface area contributed by atoms with Gasteiger partial charge >= 0.3 is 0 Å². The van der Waals surface area contributed by atoms with Crippen LogP contribution in [-0.2, 0) is 6.54 Å². The first kappa shape index (κ1) is 13.8. The second-order valence-electron chi connectivity index (χ2n) is 3.69. The number of phenols is 1. The molecule has 0 saturated carbocycles. The van der Waals surface area contributed by atoms with Crippen molar-refractivity contribution in [1.29, 1.82) is 0 Å². The molecule has 0 unspecified atom stereocenters. The van der Waals surface area contributed by atoms with Crippen LogP contribution in [0, 0.1) is 0 Å². The first-order valence-corrected chi connectivity index (χ1v) is 5.22. The third-order valence-electron chi connectivity index (χ3n) is 2.24. The van der Waals surface area contributed by atoms with Gasteiger partial charge in [0.05, 0.1) is 20.8 Å². The Balaban J connectivity index is 2.99. The average Bonchev–Trinajstić information content (AvgIpc) is 2.29. The number of methoxy groups -OCH3 is 2. The van der Waals surface area contributed by atoms with E-state index in [1.807, 2.05) is 0 Å². The summed E-state index contributed by atoms with van der Waals surface area (Å²) in [5, 5.41) is 15.2. The number of aromatic hydroxyl groups is 1. The van der Waals surface area contributed by atoms with E-state index in [1.165, 1.54) is 14.2 Å². The minimum atomic E-state index is -0.0340. The van der Waals surface area contributed by atoms with Gasteiger partial charge < -0.3 is 26.0 Å². The van der Waals surface area contributed by atoms with Gasteiger partial charge in [-0.3, -0.25) is 5.01 Å². The Morgan fingerprint density at radius 2 is 1.78 bits per heavy atom. The van der Waals surface area contributed by atoms with Crippen LogP contribution in [0.2, 0.25) is 0 Å². The van der Waals surface area contributed by atoms with Crippen LogP contribution < -0.4 is 20.9 Å². The van der Waals surface area contributed by atoms with Crippen molar-refractivity contribution in [2.45, 2.75) is 6.54 Å². The molecule has 0 heterocycles. The summed E-state index contributed by atoms with van der Waals surface area (Å²) in [5.41, 5.74) is 11.4. The Labute approximate surface area is 106 Å². The molecule has 0 spiro atoms. The van der Waals surface area contributed by atoms with Crippen molar-refractivity contribution in [1.82, 2.24) is 5.01 Å². The van der Waals surface area contributed by atoms with Crippen molar-refractivity contribution in [3.63, 3.8) is 0 Å². The standard InChI is InChI=1S/C11H18N4O3/c1-15(14-11(12)13)6-7-4-8(17-2)10(16)9(5-7)18-3/h4-5,16H,6H2,1-3H3,(H4,12,13,14). The maximum absolute atomic E-state index is 9.76. The number of guanidine groups is 1. The topological polar surface area (TPSA) is 106 Å². The molecule has 1 aromatic carbocycles. The summed E-state index contributed by atoms with van der Waals surface area (Å²) in [6.45, 7) is 0.449. The minimum Gasteiger partial charge on any atom is -0.502 e. The van der Waals surface area contributed by atoms with Gasteiger partial charge in [0.2, 0.25) is 11.7 Å². The molecule has 100 valence electrons. The van der Waals surface area contributed by atoms with Gasteiger partial charge in [0.15, 0.2) is 11.5 Å². The van der Waals surface area contributed by atoms with Gasteiger partial charge in [-0.05, 0) is 17.7 Å². The molecule has 1 aromatic rings. The van der Waals surface area contributed by atoms with Crippen molar-refractivity contribution >= 4 is 5.96 Å². The fourth-order valence-corrected chi connectivity index (χ4v) is 1.54. The summed E-state index contributed by atoms with van der Waals surface area (Å²) >= 11 is 0. The second kappa shape index (κ2) is 5.85. The van der Waals surface area contributed by atoms with E-state index in [2.05, 4.69) is 5.10 Å². The van der Waals surface area contributed by atoms with E-state index >= 15 is 0 Å². The molecule has 18 heavy (non-hydrogen) atoms. The van der Waals surface area contributed by atoms with Crippen LogP contribution in [0.3, 0.4) is 0 Å². The highest BCUT2D eigenvalue weighted by molar-refractivity contribution is 5.75. The zero-order valence-corrected chi connectivity index (χ0v) is 10.7. The molecule has 0 amide bonds. The molecule has 0 fully saturated rings. The van der Waals surface area contributed by atoms with E-state index in [1.54, 1.807) is 24.2 Å². The molecule has 5 N–H and O–H groups in total. The Kier molecular flexibility index (Phi) is 4.47. The van der Waals surface area contributed by atoms with Gasteiger partial charge in [0, 0.05) is 7.05 Å².